The molecule has 0 unspecified atom stereocenters. The summed E-state index contributed by atoms with van der Waals surface area (Å²) in [5, 5.41) is 0. The van der Waals surface area contributed by atoms with Crippen LogP contribution < -0.4 is 0 Å². The molecule has 1 saturated heterocycles. The van der Waals surface area contributed by atoms with Gasteiger partial charge in [0.1, 0.15) is 0 Å². The number of morpholine rings is 1. The Morgan fingerprint density at radius 1 is 1.39 bits per heavy atom. The largest absolute Gasteiger partial charge is 0.372 e. The zero-order chi connectivity index (χ0) is 13.3. The topological polar surface area (TPSA) is 42.4 Å². The van der Waals surface area contributed by atoms with Gasteiger partial charge >= 0.3 is 0 Å². The Bertz CT molecular complexity index is 457. The van der Waals surface area contributed by atoms with Gasteiger partial charge in [-0.3, -0.25) is 4.79 Å². The zero-order valence-corrected chi connectivity index (χ0v) is 10.2. The number of rotatable bonds is 1. The van der Waals surface area contributed by atoms with Crippen LogP contribution in [0.1, 0.15) is 24.2 Å². The molecular weight excluding hydrogens is 242 g/mol. The summed E-state index contributed by atoms with van der Waals surface area (Å²) in [7, 11) is 0. The first-order chi connectivity index (χ1) is 8.49. The van der Waals surface area contributed by atoms with Gasteiger partial charge in [-0.15, -0.1) is 0 Å². The van der Waals surface area contributed by atoms with E-state index < -0.39 is 17.7 Å². The highest BCUT2D eigenvalue weighted by atomic mass is 19.2. The van der Waals surface area contributed by atoms with Crippen LogP contribution in [-0.2, 0) is 4.74 Å². The average molecular weight is 256 g/mol. The smallest absolute Gasteiger partial charge is 0.257 e. The molecule has 2 rings (SSSR count). The Hall–Kier alpha value is -1.56. The Labute approximate surface area is 104 Å². The third kappa shape index (κ3) is 2.48. The third-order valence-corrected chi connectivity index (χ3v) is 2.78. The van der Waals surface area contributed by atoms with Crippen LogP contribution in [0.4, 0.5) is 8.78 Å². The molecular formula is C12H14F2N2O2. The molecule has 0 bridgehead atoms. The maximum atomic E-state index is 13.5. The second-order valence-corrected chi connectivity index (χ2v) is 4.43. The molecule has 98 valence electrons. The fourth-order valence-corrected chi connectivity index (χ4v) is 2.10. The summed E-state index contributed by atoms with van der Waals surface area (Å²) < 4.78 is 31.9. The summed E-state index contributed by atoms with van der Waals surface area (Å²) >= 11 is 0. The first kappa shape index (κ1) is 12.9. The van der Waals surface area contributed by atoms with Crippen LogP contribution in [0.15, 0.2) is 12.3 Å². The summed E-state index contributed by atoms with van der Waals surface area (Å²) in [5.41, 5.74) is -0.288. The van der Waals surface area contributed by atoms with Crippen molar-refractivity contribution in [2.45, 2.75) is 26.1 Å². The van der Waals surface area contributed by atoms with Gasteiger partial charge in [0, 0.05) is 19.3 Å². The number of carbonyl (C=O) groups excluding carboxylic acids is 1. The first-order valence-electron chi connectivity index (χ1n) is 5.73. The lowest BCUT2D eigenvalue weighted by molar-refractivity contribution is -0.0587. The van der Waals surface area contributed by atoms with Gasteiger partial charge < -0.3 is 9.64 Å². The normalized spacial score (nSPS) is 24.1. The Kier molecular flexibility index (Phi) is 3.56. The maximum Gasteiger partial charge on any atom is 0.257 e. The number of hydrogen-bond donors (Lipinski definition) is 0. The highest BCUT2D eigenvalue weighted by Crippen LogP contribution is 2.16. The number of pyridine rings is 1. The van der Waals surface area contributed by atoms with E-state index in [2.05, 4.69) is 4.98 Å². The van der Waals surface area contributed by atoms with Crippen LogP contribution in [0.3, 0.4) is 0 Å². The monoisotopic (exact) mass is 256 g/mol. The molecule has 4 nitrogen and oxygen atoms in total. The Morgan fingerprint density at radius 3 is 2.61 bits per heavy atom. The van der Waals surface area contributed by atoms with E-state index in [1.54, 1.807) is 0 Å². The van der Waals surface area contributed by atoms with Crippen molar-refractivity contribution in [3.05, 3.63) is 29.6 Å². The van der Waals surface area contributed by atoms with Crippen molar-refractivity contribution in [3.8, 4) is 0 Å². The molecule has 1 amide bonds. The Balaban J connectivity index is 2.23. The van der Waals surface area contributed by atoms with Crippen LogP contribution >= 0.6 is 0 Å². The first-order valence-corrected chi connectivity index (χ1v) is 5.73. The minimum atomic E-state index is -1.25. The summed E-state index contributed by atoms with van der Waals surface area (Å²) in [6, 6.07) is 1.19. The van der Waals surface area contributed by atoms with Crippen molar-refractivity contribution in [2.75, 3.05) is 13.1 Å². The number of carbonyl (C=O) groups is 1. The molecule has 0 spiro atoms. The highest BCUT2D eigenvalue weighted by molar-refractivity contribution is 5.94. The van der Waals surface area contributed by atoms with Gasteiger partial charge in [-0.2, -0.15) is 4.39 Å². The van der Waals surface area contributed by atoms with Crippen LogP contribution in [0.2, 0.25) is 0 Å². The van der Waals surface area contributed by atoms with Gasteiger partial charge in [0.05, 0.1) is 17.8 Å². The summed E-state index contributed by atoms with van der Waals surface area (Å²) in [6.07, 6.45) is 0.846. The molecule has 0 radical (unpaired) electrons. The molecule has 6 heteroatoms. The van der Waals surface area contributed by atoms with E-state index in [0.717, 1.165) is 6.20 Å². The fraction of sp³-hybridized carbons (Fsp3) is 0.500. The van der Waals surface area contributed by atoms with E-state index in [9.17, 15) is 13.6 Å². The van der Waals surface area contributed by atoms with E-state index in [1.807, 2.05) is 13.8 Å². The molecule has 1 aromatic rings. The second-order valence-electron chi connectivity index (χ2n) is 4.43. The van der Waals surface area contributed by atoms with Crippen LogP contribution in [0.25, 0.3) is 0 Å². The molecule has 0 aromatic carbocycles. The second kappa shape index (κ2) is 4.97. The van der Waals surface area contributed by atoms with Gasteiger partial charge in [0.25, 0.3) is 5.91 Å². The predicted octanol–water partition coefficient (Wildman–Crippen LogP) is 1.61. The molecule has 0 aliphatic carbocycles. The van der Waals surface area contributed by atoms with Gasteiger partial charge in [-0.25, -0.2) is 9.37 Å². The zero-order valence-electron chi connectivity index (χ0n) is 10.2. The lowest BCUT2D eigenvalue weighted by Gasteiger charge is -2.35. The molecule has 0 N–H and O–H groups in total. The van der Waals surface area contributed by atoms with Gasteiger partial charge in [0.2, 0.25) is 5.95 Å². The molecule has 18 heavy (non-hydrogen) atoms. The number of amides is 1. The maximum absolute atomic E-state index is 13.5. The predicted molar refractivity (Wildman–Crippen MR) is 60.1 cm³/mol. The highest BCUT2D eigenvalue weighted by Gasteiger charge is 2.28. The third-order valence-electron chi connectivity index (χ3n) is 2.78. The van der Waals surface area contributed by atoms with Gasteiger partial charge in [0.15, 0.2) is 5.82 Å². The number of aromatic nitrogens is 1. The lowest BCUT2D eigenvalue weighted by Crippen LogP contribution is -2.48. The van der Waals surface area contributed by atoms with Gasteiger partial charge in [-0.1, -0.05) is 0 Å². The van der Waals surface area contributed by atoms with Gasteiger partial charge in [-0.05, 0) is 19.9 Å². The van der Waals surface area contributed by atoms with Crippen molar-refractivity contribution < 1.29 is 18.3 Å². The van der Waals surface area contributed by atoms with E-state index in [-0.39, 0.29) is 17.8 Å². The van der Waals surface area contributed by atoms with E-state index in [0.29, 0.717) is 13.1 Å². The SMILES string of the molecule is C[C@@H]1CN(C(=O)c2ccnc(F)c2F)C[C@H](C)O1. The number of hydrogen-bond acceptors (Lipinski definition) is 3. The fourth-order valence-electron chi connectivity index (χ4n) is 2.10. The Morgan fingerprint density at radius 2 is 2.00 bits per heavy atom. The lowest BCUT2D eigenvalue weighted by atomic mass is 10.1. The van der Waals surface area contributed by atoms with E-state index >= 15 is 0 Å². The van der Waals surface area contributed by atoms with Crippen LogP contribution in [0.5, 0.6) is 0 Å². The van der Waals surface area contributed by atoms with Crippen molar-refractivity contribution in [2.24, 2.45) is 0 Å². The number of nitrogens with zero attached hydrogens (tertiary/aromatic N) is 2. The van der Waals surface area contributed by atoms with Crippen molar-refractivity contribution in [1.29, 1.82) is 0 Å². The molecule has 1 aromatic heterocycles. The molecule has 1 aliphatic rings. The van der Waals surface area contributed by atoms with Crippen LogP contribution in [-0.4, -0.2) is 41.1 Å². The molecule has 0 saturated carbocycles. The minimum absolute atomic E-state index is 0.118. The van der Waals surface area contributed by atoms with Crippen molar-refractivity contribution in [3.63, 3.8) is 0 Å². The molecule has 2 heterocycles. The molecule has 2 atom stereocenters. The number of ether oxygens (including phenoxy) is 1. The van der Waals surface area contributed by atoms with Crippen molar-refractivity contribution in [1.82, 2.24) is 9.88 Å². The standard InChI is InChI=1S/C12H14F2N2O2/c1-7-5-16(6-8(2)18-7)12(17)9-3-4-15-11(14)10(9)13/h3-4,7-8H,5-6H2,1-2H3/t7-,8+. The van der Waals surface area contributed by atoms with Crippen LogP contribution in [0, 0.1) is 11.8 Å². The number of halogens is 2. The van der Waals surface area contributed by atoms with E-state index in [4.69, 9.17) is 4.74 Å². The van der Waals surface area contributed by atoms with Crippen molar-refractivity contribution >= 4 is 5.91 Å². The molecule has 1 aliphatic heterocycles. The average Bonchev–Trinajstić information content (AvgIpc) is 2.30. The summed E-state index contributed by atoms with van der Waals surface area (Å²) in [5.74, 6) is -2.99. The van der Waals surface area contributed by atoms with E-state index in [1.165, 1.54) is 11.0 Å². The summed E-state index contributed by atoms with van der Waals surface area (Å²) in [6.45, 7) is 4.40. The minimum Gasteiger partial charge on any atom is -0.372 e. The quantitative estimate of drug-likeness (QED) is 0.717. The summed E-state index contributed by atoms with van der Waals surface area (Å²) in [4.78, 5) is 16.7. The molecule has 1 fully saturated rings.